The fraction of sp³-hybridized carbons (Fsp3) is 0.458. The minimum absolute atomic E-state index is 0.0341. The third-order valence-electron chi connectivity index (χ3n) is 5.79. The van der Waals surface area contributed by atoms with Crippen molar-refractivity contribution in [3.63, 3.8) is 0 Å². The summed E-state index contributed by atoms with van der Waals surface area (Å²) in [6.45, 7) is 6.19. The standard InChI is InChI=1S/C24H32N6O/c1-2-25-24(28-20-16-23(31)30(18-20)21-9-5-3-6-10-21)27-17-19-11-12-26-22(15-19)29-13-7-4-8-14-29/h3,5-6,9-12,15,20H,2,4,7-8,13-14,16-18H2,1H3,(H2,25,27,28). The van der Waals surface area contributed by atoms with Gasteiger partial charge in [0.1, 0.15) is 5.82 Å². The zero-order chi connectivity index (χ0) is 21.5. The van der Waals surface area contributed by atoms with Crippen molar-refractivity contribution in [2.75, 3.05) is 36.0 Å². The van der Waals surface area contributed by atoms with Crippen LogP contribution in [-0.2, 0) is 11.3 Å². The number of hydrogen-bond acceptors (Lipinski definition) is 4. The highest BCUT2D eigenvalue weighted by Crippen LogP contribution is 2.21. The predicted octanol–water partition coefficient (Wildman–Crippen LogP) is 2.93. The first-order chi connectivity index (χ1) is 15.2. The molecule has 164 valence electrons. The molecular formula is C24H32N6O. The molecule has 2 aliphatic heterocycles. The molecule has 3 heterocycles. The minimum Gasteiger partial charge on any atom is -0.357 e. The van der Waals surface area contributed by atoms with Gasteiger partial charge in [-0.3, -0.25) is 4.79 Å². The van der Waals surface area contributed by atoms with E-state index in [0.29, 0.717) is 19.5 Å². The van der Waals surface area contributed by atoms with Gasteiger partial charge in [-0.15, -0.1) is 0 Å². The Kier molecular flexibility index (Phi) is 7.02. The van der Waals surface area contributed by atoms with E-state index in [9.17, 15) is 4.79 Å². The second kappa shape index (κ2) is 10.3. The number of amides is 1. The Bertz CT molecular complexity index is 894. The number of aromatic nitrogens is 1. The van der Waals surface area contributed by atoms with Gasteiger partial charge in [0.05, 0.1) is 12.6 Å². The van der Waals surface area contributed by atoms with Gasteiger partial charge in [-0.1, -0.05) is 18.2 Å². The maximum atomic E-state index is 12.5. The van der Waals surface area contributed by atoms with Crippen LogP contribution in [0.4, 0.5) is 11.5 Å². The SMILES string of the molecule is CCNC(=NCc1ccnc(N2CCCCC2)c1)NC1CC(=O)N(c2ccccc2)C1. The number of piperidine rings is 1. The molecule has 7 heteroatoms. The number of pyridine rings is 1. The quantitative estimate of drug-likeness (QED) is 0.555. The molecule has 0 spiro atoms. The zero-order valence-electron chi connectivity index (χ0n) is 18.3. The second-order valence-electron chi connectivity index (χ2n) is 8.15. The Labute approximate surface area is 184 Å². The number of nitrogens with one attached hydrogen (secondary N) is 2. The van der Waals surface area contributed by atoms with Crippen molar-refractivity contribution in [3.8, 4) is 0 Å². The van der Waals surface area contributed by atoms with E-state index in [1.807, 2.05) is 54.4 Å². The van der Waals surface area contributed by atoms with Gasteiger partial charge in [0.2, 0.25) is 5.91 Å². The summed E-state index contributed by atoms with van der Waals surface area (Å²) in [6, 6.07) is 14.0. The van der Waals surface area contributed by atoms with Crippen molar-refractivity contribution >= 4 is 23.4 Å². The van der Waals surface area contributed by atoms with Crippen LogP contribution < -0.4 is 20.4 Å². The van der Waals surface area contributed by atoms with Crippen LogP contribution in [0.15, 0.2) is 53.7 Å². The number of benzene rings is 1. The van der Waals surface area contributed by atoms with Crippen molar-refractivity contribution in [1.29, 1.82) is 0 Å². The Morgan fingerprint density at radius 1 is 1.16 bits per heavy atom. The summed E-state index contributed by atoms with van der Waals surface area (Å²) in [7, 11) is 0. The maximum Gasteiger partial charge on any atom is 0.229 e. The lowest BCUT2D eigenvalue weighted by Gasteiger charge is -2.27. The highest BCUT2D eigenvalue weighted by Gasteiger charge is 2.31. The second-order valence-corrected chi connectivity index (χ2v) is 8.15. The number of anilines is 2. The number of guanidine groups is 1. The normalized spacial score (nSPS) is 19.6. The van der Waals surface area contributed by atoms with E-state index >= 15 is 0 Å². The third kappa shape index (κ3) is 5.54. The number of carbonyl (C=O) groups excluding carboxylic acids is 1. The molecule has 1 unspecified atom stereocenters. The van der Waals surface area contributed by atoms with Crippen LogP contribution in [0.2, 0.25) is 0 Å². The zero-order valence-corrected chi connectivity index (χ0v) is 18.3. The minimum atomic E-state index is 0.0341. The van der Waals surface area contributed by atoms with Crippen LogP contribution in [0.5, 0.6) is 0 Å². The van der Waals surface area contributed by atoms with Crippen molar-refractivity contribution in [2.45, 2.75) is 45.2 Å². The lowest BCUT2D eigenvalue weighted by molar-refractivity contribution is -0.117. The van der Waals surface area contributed by atoms with Crippen LogP contribution in [0.1, 0.15) is 38.2 Å². The summed E-state index contributed by atoms with van der Waals surface area (Å²) in [5.74, 6) is 1.93. The van der Waals surface area contributed by atoms with Gasteiger partial charge in [-0.25, -0.2) is 9.98 Å². The van der Waals surface area contributed by atoms with Crippen molar-refractivity contribution in [1.82, 2.24) is 15.6 Å². The monoisotopic (exact) mass is 420 g/mol. The summed E-state index contributed by atoms with van der Waals surface area (Å²) < 4.78 is 0. The van der Waals surface area contributed by atoms with Crippen LogP contribution in [-0.4, -0.2) is 49.1 Å². The number of rotatable bonds is 6. The molecule has 7 nitrogen and oxygen atoms in total. The Morgan fingerprint density at radius 3 is 2.74 bits per heavy atom. The fourth-order valence-corrected chi connectivity index (χ4v) is 4.20. The first kappa shape index (κ1) is 21.2. The molecular weight excluding hydrogens is 388 g/mol. The van der Waals surface area contributed by atoms with Crippen molar-refractivity contribution in [2.24, 2.45) is 4.99 Å². The maximum absolute atomic E-state index is 12.5. The highest BCUT2D eigenvalue weighted by atomic mass is 16.2. The van der Waals surface area contributed by atoms with Crippen molar-refractivity contribution in [3.05, 3.63) is 54.2 Å². The third-order valence-corrected chi connectivity index (χ3v) is 5.79. The van der Waals surface area contributed by atoms with E-state index < -0.39 is 0 Å². The van der Waals surface area contributed by atoms with E-state index in [1.165, 1.54) is 19.3 Å². The number of para-hydroxylation sites is 1. The number of nitrogens with zero attached hydrogens (tertiary/aromatic N) is 4. The van der Waals surface area contributed by atoms with E-state index in [0.717, 1.165) is 42.7 Å². The molecule has 2 aliphatic rings. The number of hydrogen-bond donors (Lipinski definition) is 2. The van der Waals surface area contributed by atoms with E-state index in [1.54, 1.807) is 0 Å². The van der Waals surface area contributed by atoms with Gasteiger partial charge in [-0.05, 0) is 56.0 Å². The highest BCUT2D eigenvalue weighted by molar-refractivity contribution is 5.97. The number of carbonyl (C=O) groups is 1. The summed E-state index contributed by atoms with van der Waals surface area (Å²) >= 11 is 0. The molecule has 2 aromatic rings. The summed E-state index contributed by atoms with van der Waals surface area (Å²) in [6.07, 6.45) is 6.12. The molecule has 1 atom stereocenters. The van der Waals surface area contributed by atoms with Gasteiger partial charge in [0, 0.05) is 44.5 Å². The van der Waals surface area contributed by atoms with Gasteiger partial charge >= 0.3 is 0 Å². The molecule has 2 fully saturated rings. The molecule has 1 amide bonds. The van der Waals surface area contributed by atoms with Crippen molar-refractivity contribution < 1.29 is 4.79 Å². The predicted molar refractivity (Wildman–Crippen MR) is 125 cm³/mol. The number of aliphatic imine (C=N–C) groups is 1. The first-order valence-corrected chi connectivity index (χ1v) is 11.3. The first-order valence-electron chi connectivity index (χ1n) is 11.3. The summed E-state index contributed by atoms with van der Waals surface area (Å²) in [4.78, 5) is 26.0. The molecule has 0 saturated carbocycles. The average Bonchev–Trinajstić information content (AvgIpc) is 3.19. The molecule has 0 aliphatic carbocycles. The van der Waals surface area contributed by atoms with E-state index in [-0.39, 0.29) is 11.9 Å². The van der Waals surface area contributed by atoms with E-state index in [4.69, 9.17) is 4.99 Å². The Balaban J connectivity index is 1.39. The largest absolute Gasteiger partial charge is 0.357 e. The molecule has 2 saturated heterocycles. The molecule has 0 radical (unpaired) electrons. The summed E-state index contributed by atoms with van der Waals surface area (Å²) in [5, 5.41) is 6.76. The molecule has 1 aromatic carbocycles. The molecule has 31 heavy (non-hydrogen) atoms. The van der Waals surface area contributed by atoms with Gasteiger partial charge < -0.3 is 20.4 Å². The Morgan fingerprint density at radius 2 is 1.97 bits per heavy atom. The lowest BCUT2D eigenvalue weighted by atomic mass is 10.1. The molecule has 2 N–H and O–H groups in total. The lowest BCUT2D eigenvalue weighted by Crippen LogP contribution is -2.44. The van der Waals surface area contributed by atoms with Gasteiger partial charge in [-0.2, -0.15) is 0 Å². The average molecular weight is 421 g/mol. The molecule has 0 bridgehead atoms. The topological polar surface area (TPSA) is 72.9 Å². The fourth-order valence-electron chi connectivity index (χ4n) is 4.20. The Hall–Kier alpha value is -3.09. The van der Waals surface area contributed by atoms with Crippen LogP contribution in [0.3, 0.4) is 0 Å². The van der Waals surface area contributed by atoms with Gasteiger partial charge in [0.15, 0.2) is 5.96 Å². The summed E-state index contributed by atoms with van der Waals surface area (Å²) in [5.41, 5.74) is 2.09. The smallest absolute Gasteiger partial charge is 0.229 e. The van der Waals surface area contributed by atoms with Crippen LogP contribution in [0, 0.1) is 0 Å². The molecule has 4 rings (SSSR count). The van der Waals surface area contributed by atoms with Crippen LogP contribution in [0.25, 0.3) is 0 Å². The van der Waals surface area contributed by atoms with E-state index in [2.05, 4.69) is 26.6 Å². The van der Waals surface area contributed by atoms with Crippen LogP contribution >= 0.6 is 0 Å². The van der Waals surface area contributed by atoms with Gasteiger partial charge in [0.25, 0.3) is 0 Å². The molecule has 1 aromatic heterocycles.